The van der Waals surface area contributed by atoms with Gasteiger partial charge in [-0.15, -0.1) is 0 Å². The lowest BCUT2D eigenvalue weighted by Gasteiger charge is -2.35. The molecule has 7 heteroatoms. The quantitative estimate of drug-likeness (QED) is 0.732. The summed E-state index contributed by atoms with van der Waals surface area (Å²) in [6.07, 6.45) is -0.279. The predicted molar refractivity (Wildman–Crippen MR) is 88.3 cm³/mol. The van der Waals surface area contributed by atoms with Crippen LogP contribution in [0.15, 0.2) is 0 Å². The molecule has 0 aromatic heterocycles. The summed E-state index contributed by atoms with van der Waals surface area (Å²) in [5, 5.41) is 6.64. The van der Waals surface area contributed by atoms with Crippen LogP contribution in [0.4, 0.5) is 4.79 Å². The van der Waals surface area contributed by atoms with Crippen molar-refractivity contribution in [1.82, 2.24) is 15.5 Å². The Labute approximate surface area is 139 Å². The average Bonchev–Trinajstić information content (AvgIpc) is 2.44. The molecule has 2 N–H and O–H groups in total. The molecule has 0 radical (unpaired) electrons. The minimum Gasteiger partial charge on any atom is -0.469 e. The monoisotopic (exact) mass is 329 g/mol. The molecule has 1 amide bonds. The second-order valence-corrected chi connectivity index (χ2v) is 7.58. The Morgan fingerprint density at radius 3 is 2.48 bits per heavy atom. The Morgan fingerprint density at radius 2 is 1.91 bits per heavy atom. The molecule has 1 heterocycles. The van der Waals surface area contributed by atoms with Crippen LogP contribution in [0.25, 0.3) is 0 Å². The highest BCUT2D eigenvalue weighted by molar-refractivity contribution is 5.76. The first-order valence-corrected chi connectivity index (χ1v) is 8.05. The van der Waals surface area contributed by atoms with Gasteiger partial charge in [-0.3, -0.25) is 4.79 Å². The summed E-state index contributed by atoms with van der Waals surface area (Å²) in [5.41, 5.74) is -1.06. The molecule has 7 nitrogen and oxygen atoms in total. The van der Waals surface area contributed by atoms with Crippen LogP contribution < -0.4 is 10.6 Å². The molecule has 1 aliphatic heterocycles. The lowest BCUT2D eigenvalue weighted by atomic mass is 9.93. The first kappa shape index (κ1) is 19.7. The highest BCUT2D eigenvalue weighted by Gasteiger charge is 2.30. The van der Waals surface area contributed by atoms with Crippen LogP contribution in [-0.2, 0) is 14.3 Å². The summed E-state index contributed by atoms with van der Waals surface area (Å²) < 4.78 is 10.2. The Bertz CT molecular complexity index is 418. The molecule has 23 heavy (non-hydrogen) atoms. The van der Waals surface area contributed by atoms with E-state index >= 15 is 0 Å². The van der Waals surface area contributed by atoms with E-state index in [0.29, 0.717) is 26.2 Å². The van der Waals surface area contributed by atoms with Crippen molar-refractivity contribution in [2.45, 2.75) is 46.3 Å². The molecule has 1 aliphatic rings. The van der Waals surface area contributed by atoms with Gasteiger partial charge in [-0.1, -0.05) is 0 Å². The second-order valence-electron chi connectivity index (χ2n) is 7.58. The van der Waals surface area contributed by atoms with Crippen molar-refractivity contribution >= 4 is 12.1 Å². The van der Waals surface area contributed by atoms with E-state index in [4.69, 9.17) is 9.47 Å². The molecular formula is C16H31N3O4. The fourth-order valence-electron chi connectivity index (χ4n) is 2.36. The van der Waals surface area contributed by atoms with Gasteiger partial charge < -0.3 is 25.0 Å². The van der Waals surface area contributed by atoms with E-state index < -0.39 is 11.0 Å². The van der Waals surface area contributed by atoms with Crippen molar-refractivity contribution in [3.05, 3.63) is 0 Å². The highest BCUT2D eigenvalue weighted by atomic mass is 16.6. The molecule has 0 aliphatic carbocycles. The number of hydrogen-bond donors (Lipinski definition) is 2. The van der Waals surface area contributed by atoms with E-state index in [0.717, 1.165) is 6.54 Å². The SMILES string of the molecule is COC(=O)C(C)(C)CNC[C@@H]1CN(C(=O)OC(C)(C)C)CCN1. The van der Waals surface area contributed by atoms with Gasteiger partial charge in [0.15, 0.2) is 0 Å². The van der Waals surface area contributed by atoms with Gasteiger partial charge >= 0.3 is 12.1 Å². The molecule has 134 valence electrons. The van der Waals surface area contributed by atoms with Crippen molar-refractivity contribution in [2.24, 2.45) is 5.41 Å². The van der Waals surface area contributed by atoms with E-state index in [1.54, 1.807) is 4.90 Å². The Hall–Kier alpha value is -1.34. The number of esters is 1. The fourth-order valence-corrected chi connectivity index (χ4v) is 2.36. The van der Waals surface area contributed by atoms with E-state index in [1.165, 1.54) is 7.11 Å². The average molecular weight is 329 g/mol. The molecule has 1 rings (SSSR count). The fraction of sp³-hybridized carbons (Fsp3) is 0.875. The van der Waals surface area contributed by atoms with E-state index in [2.05, 4.69) is 10.6 Å². The van der Waals surface area contributed by atoms with Crippen LogP contribution in [0.5, 0.6) is 0 Å². The number of ether oxygens (including phenoxy) is 2. The van der Waals surface area contributed by atoms with Crippen LogP contribution in [0.2, 0.25) is 0 Å². The third-order valence-corrected chi connectivity index (χ3v) is 3.60. The maximum atomic E-state index is 12.1. The molecule has 1 atom stereocenters. The van der Waals surface area contributed by atoms with E-state index in [1.807, 2.05) is 34.6 Å². The lowest BCUT2D eigenvalue weighted by molar-refractivity contribution is -0.150. The largest absolute Gasteiger partial charge is 0.469 e. The van der Waals surface area contributed by atoms with Crippen LogP contribution in [0.3, 0.4) is 0 Å². The summed E-state index contributed by atoms with van der Waals surface area (Å²) in [4.78, 5) is 25.5. The Kier molecular flexibility index (Phi) is 6.83. The second kappa shape index (κ2) is 7.97. The van der Waals surface area contributed by atoms with Crippen molar-refractivity contribution < 1.29 is 19.1 Å². The summed E-state index contributed by atoms with van der Waals surface area (Å²) in [6.45, 7) is 12.4. The number of methoxy groups -OCH3 is 1. The van der Waals surface area contributed by atoms with Crippen LogP contribution in [0.1, 0.15) is 34.6 Å². The summed E-state index contributed by atoms with van der Waals surface area (Å²) in [7, 11) is 1.39. The maximum Gasteiger partial charge on any atom is 0.410 e. The van der Waals surface area contributed by atoms with Crippen LogP contribution in [0, 0.1) is 5.41 Å². The third-order valence-electron chi connectivity index (χ3n) is 3.60. The number of nitrogens with zero attached hydrogens (tertiary/aromatic N) is 1. The minimum atomic E-state index is -0.575. The van der Waals surface area contributed by atoms with Gasteiger partial charge in [0.1, 0.15) is 5.60 Å². The van der Waals surface area contributed by atoms with Gasteiger partial charge in [-0.2, -0.15) is 0 Å². The zero-order valence-electron chi connectivity index (χ0n) is 15.2. The summed E-state index contributed by atoms with van der Waals surface area (Å²) in [6, 6.07) is 0.129. The molecule has 0 saturated carbocycles. The maximum absolute atomic E-state index is 12.1. The lowest BCUT2D eigenvalue weighted by Crippen LogP contribution is -2.57. The topological polar surface area (TPSA) is 79.9 Å². The smallest absolute Gasteiger partial charge is 0.410 e. The van der Waals surface area contributed by atoms with Gasteiger partial charge in [0.2, 0.25) is 0 Å². The molecule has 0 spiro atoms. The number of hydrogen-bond acceptors (Lipinski definition) is 6. The van der Waals surface area contributed by atoms with Crippen LogP contribution >= 0.6 is 0 Å². The zero-order chi connectivity index (χ0) is 17.7. The Balaban J connectivity index is 2.41. The number of piperazine rings is 1. The molecule has 1 saturated heterocycles. The van der Waals surface area contributed by atoms with Crippen molar-refractivity contribution in [3.8, 4) is 0 Å². The van der Waals surface area contributed by atoms with Crippen molar-refractivity contribution in [2.75, 3.05) is 39.8 Å². The number of nitrogens with one attached hydrogen (secondary N) is 2. The Morgan fingerprint density at radius 1 is 1.26 bits per heavy atom. The standard InChI is InChI=1S/C16H31N3O4/c1-15(2,3)23-14(21)19-8-7-18-12(10-19)9-17-11-16(4,5)13(20)22-6/h12,17-18H,7-11H2,1-6H3/t12-/m1/s1. The van der Waals surface area contributed by atoms with E-state index in [-0.39, 0.29) is 18.1 Å². The van der Waals surface area contributed by atoms with Gasteiger partial charge in [0.05, 0.1) is 12.5 Å². The molecule has 0 aromatic rings. The van der Waals surface area contributed by atoms with Gasteiger partial charge in [0, 0.05) is 38.8 Å². The van der Waals surface area contributed by atoms with Crippen molar-refractivity contribution in [1.29, 1.82) is 0 Å². The number of carbonyl (C=O) groups excluding carboxylic acids is 2. The number of amides is 1. The molecule has 1 fully saturated rings. The first-order chi connectivity index (χ1) is 10.5. The minimum absolute atomic E-state index is 0.129. The molecule has 0 bridgehead atoms. The van der Waals surface area contributed by atoms with Gasteiger partial charge in [-0.05, 0) is 34.6 Å². The van der Waals surface area contributed by atoms with Gasteiger partial charge in [0.25, 0.3) is 0 Å². The summed E-state index contributed by atoms with van der Waals surface area (Å²) >= 11 is 0. The predicted octanol–water partition coefficient (Wildman–Crippen LogP) is 0.984. The normalized spacial score (nSPS) is 19.4. The van der Waals surface area contributed by atoms with Gasteiger partial charge in [-0.25, -0.2) is 4.79 Å². The number of carbonyl (C=O) groups is 2. The molecule has 0 aromatic carbocycles. The number of rotatable bonds is 5. The highest BCUT2D eigenvalue weighted by Crippen LogP contribution is 2.15. The first-order valence-electron chi connectivity index (χ1n) is 8.05. The zero-order valence-corrected chi connectivity index (χ0v) is 15.2. The summed E-state index contributed by atoms with van der Waals surface area (Å²) in [5.74, 6) is -0.239. The molecule has 0 unspecified atom stereocenters. The van der Waals surface area contributed by atoms with Crippen LogP contribution in [-0.4, -0.2) is 68.4 Å². The molecular weight excluding hydrogens is 298 g/mol. The van der Waals surface area contributed by atoms with E-state index in [9.17, 15) is 9.59 Å². The van der Waals surface area contributed by atoms with Crippen molar-refractivity contribution in [3.63, 3.8) is 0 Å². The third kappa shape index (κ3) is 6.74.